The quantitative estimate of drug-likeness (QED) is 0.876. The number of nitrogens with one attached hydrogen (secondary N) is 1. The van der Waals surface area contributed by atoms with E-state index in [9.17, 15) is 10.1 Å². The summed E-state index contributed by atoms with van der Waals surface area (Å²) in [5, 5.41) is 13.2. The molecule has 4 heteroatoms. The van der Waals surface area contributed by atoms with Crippen LogP contribution in [0.4, 0.5) is 5.00 Å². The molecule has 0 aliphatic heterocycles. The fraction of sp³-hybridized carbons (Fsp3) is 0.368. The number of amides is 1. The van der Waals surface area contributed by atoms with Gasteiger partial charge in [0.15, 0.2) is 0 Å². The van der Waals surface area contributed by atoms with Gasteiger partial charge in [-0.3, -0.25) is 4.79 Å². The summed E-state index contributed by atoms with van der Waals surface area (Å²) in [5.74, 6) is 0.462. The number of rotatable bonds is 2. The summed E-state index contributed by atoms with van der Waals surface area (Å²) in [7, 11) is 0. The molecule has 0 radical (unpaired) electrons. The summed E-state index contributed by atoms with van der Waals surface area (Å²) in [5.41, 5.74) is 4.70. The lowest BCUT2D eigenvalue weighted by Gasteiger charge is -2.17. The Hall–Kier alpha value is -2.12. The van der Waals surface area contributed by atoms with Gasteiger partial charge in [-0.2, -0.15) is 5.26 Å². The van der Waals surface area contributed by atoms with Gasteiger partial charge in [0.2, 0.25) is 0 Å². The topological polar surface area (TPSA) is 52.9 Å². The molecule has 1 aromatic carbocycles. The van der Waals surface area contributed by atoms with Crippen LogP contribution in [0.15, 0.2) is 18.2 Å². The van der Waals surface area contributed by atoms with E-state index in [0.29, 0.717) is 22.0 Å². The normalized spacial score (nSPS) is 16.5. The van der Waals surface area contributed by atoms with Gasteiger partial charge < -0.3 is 5.32 Å². The first-order valence-electron chi connectivity index (χ1n) is 7.92. The smallest absolute Gasteiger partial charge is 0.256 e. The van der Waals surface area contributed by atoms with Crippen LogP contribution in [0.25, 0.3) is 0 Å². The highest BCUT2D eigenvalue weighted by Gasteiger charge is 2.25. The van der Waals surface area contributed by atoms with Crippen LogP contribution in [0, 0.1) is 31.1 Å². The van der Waals surface area contributed by atoms with Crippen molar-refractivity contribution in [2.24, 2.45) is 5.92 Å². The molecule has 1 aliphatic carbocycles. The average Bonchev–Trinajstić information content (AvgIpc) is 2.86. The third kappa shape index (κ3) is 3.02. The van der Waals surface area contributed by atoms with Gasteiger partial charge in [-0.15, -0.1) is 11.3 Å². The molecular weight excluding hydrogens is 304 g/mol. The number of carbonyl (C=O) groups excluding carboxylic acids is 1. The number of nitrogens with zero attached hydrogens (tertiary/aromatic N) is 1. The van der Waals surface area contributed by atoms with Crippen LogP contribution in [-0.2, 0) is 12.8 Å². The Bertz CT molecular complexity index is 814. The summed E-state index contributed by atoms with van der Waals surface area (Å²) in [4.78, 5) is 13.8. The predicted molar refractivity (Wildman–Crippen MR) is 94.1 cm³/mol. The van der Waals surface area contributed by atoms with Gasteiger partial charge in [0.05, 0.1) is 5.56 Å². The van der Waals surface area contributed by atoms with Gasteiger partial charge in [-0.05, 0) is 67.9 Å². The highest BCUT2D eigenvalue weighted by atomic mass is 32.1. The number of benzene rings is 1. The standard InChI is InChI=1S/C19H20N2OS/c1-11-4-7-17-15(8-11)16(10-20)19(23-17)21-18(22)14-6-5-12(2)13(3)9-14/h5-6,9,11H,4,7-8H2,1-3H3,(H,21,22). The monoisotopic (exact) mass is 324 g/mol. The molecule has 1 atom stereocenters. The lowest BCUT2D eigenvalue weighted by atomic mass is 9.88. The lowest BCUT2D eigenvalue weighted by Crippen LogP contribution is -2.12. The lowest BCUT2D eigenvalue weighted by molar-refractivity contribution is 0.102. The molecule has 23 heavy (non-hydrogen) atoms. The van der Waals surface area contributed by atoms with Crippen molar-refractivity contribution in [1.82, 2.24) is 0 Å². The molecule has 0 fully saturated rings. The Kier molecular flexibility index (Phi) is 4.23. The third-order valence-electron chi connectivity index (χ3n) is 4.62. The molecule has 1 unspecified atom stereocenters. The van der Waals surface area contributed by atoms with E-state index in [1.807, 2.05) is 32.0 Å². The van der Waals surface area contributed by atoms with Crippen molar-refractivity contribution < 1.29 is 4.79 Å². The average molecular weight is 324 g/mol. The predicted octanol–water partition coefficient (Wildman–Crippen LogP) is 4.61. The number of hydrogen-bond acceptors (Lipinski definition) is 3. The van der Waals surface area contributed by atoms with Gasteiger partial charge in [0, 0.05) is 10.4 Å². The molecule has 1 aromatic heterocycles. The Morgan fingerprint density at radius 2 is 2.13 bits per heavy atom. The van der Waals surface area contributed by atoms with Gasteiger partial charge in [-0.25, -0.2) is 0 Å². The fourth-order valence-corrected chi connectivity index (χ4v) is 4.21. The number of carbonyl (C=O) groups is 1. The second-order valence-electron chi connectivity index (χ2n) is 6.42. The van der Waals surface area contributed by atoms with Crippen LogP contribution < -0.4 is 5.32 Å². The zero-order chi connectivity index (χ0) is 16.6. The van der Waals surface area contributed by atoms with Crippen molar-refractivity contribution in [2.75, 3.05) is 5.32 Å². The molecule has 3 nitrogen and oxygen atoms in total. The van der Waals surface area contributed by atoms with Crippen LogP contribution in [-0.4, -0.2) is 5.91 Å². The largest absolute Gasteiger partial charge is 0.312 e. The minimum absolute atomic E-state index is 0.142. The maximum absolute atomic E-state index is 12.5. The number of anilines is 1. The van der Waals surface area contributed by atoms with E-state index in [-0.39, 0.29) is 5.91 Å². The van der Waals surface area contributed by atoms with Gasteiger partial charge in [0.25, 0.3) is 5.91 Å². The van der Waals surface area contributed by atoms with E-state index in [2.05, 4.69) is 18.3 Å². The van der Waals surface area contributed by atoms with Crippen LogP contribution >= 0.6 is 11.3 Å². The molecule has 1 heterocycles. The van der Waals surface area contributed by atoms with Crippen molar-refractivity contribution in [3.63, 3.8) is 0 Å². The Balaban J connectivity index is 1.89. The Labute approximate surface area is 141 Å². The van der Waals surface area contributed by atoms with Crippen molar-refractivity contribution in [1.29, 1.82) is 5.26 Å². The van der Waals surface area contributed by atoms with E-state index in [1.54, 1.807) is 11.3 Å². The van der Waals surface area contributed by atoms with Crippen LogP contribution in [0.5, 0.6) is 0 Å². The zero-order valence-corrected chi connectivity index (χ0v) is 14.5. The van der Waals surface area contributed by atoms with Crippen LogP contribution in [0.3, 0.4) is 0 Å². The molecule has 0 bridgehead atoms. The van der Waals surface area contributed by atoms with Crippen molar-refractivity contribution in [3.8, 4) is 6.07 Å². The highest BCUT2D eigenvalue weighted by molar-refractivity contribution is 7.16. The fourth-order valence-electron chi connectivity index (χ4n) is 3.02. The van der Waals surface area contributed by atoms with E-state index >= 15 is 0 Å². The number of hydrogen-bond donors (Lipinski definition) is 1. The molecule has 3 rings (SSSR count). The molecule has 1 amide bonds. The van der Waals surface area contributed by atoms with Crippen LogP contribution in [0.1, 0.15) is 50.8 Å². The first-order valence-corrected chi connectivity index (χ1v) is 8.74. The summed E-state index contributed by atoms with van der Waals surface area (Å²) in [6.07, 6.45) is 3.10. The SMILES string of the molecule is Cc1ccc(C(=O)Nc2sc3c(c2C#N)CC(C)CC3)cc1C. The Morgan fingerprint density at radius 1 is 1.35 bits per heavy atom. The minimum Gasteiger partial charge on any atom is -0.312 e. The zero-order valence-electron chi connectivity index (χ0n) is 13.7. The number of aryl methyl sites for hydroxylation is 3. The van der Waals surface area contributed by atoms with Crippen molar-refractivity contribution in [2.45, 2.75) is 40.0 Å². The molecule has 1 N–H and O–H groups in total. The van der Waals surface area contributed by atoms with E-state index < -0.39 is 0 Å². The molecule has 1 aliphatic rings. The Morgan fingerprint density at radius 3 is 2.83 bits per heavy atom. The maximum Gasteiger partial charge on any atom is 0.256 e. The highest BCUT2D eigenvalue weighted by Crippen LogP contribution is 2.39. The van der Waals surface area contributed by atoms with E-state index in [0.717, 1.165) is 30.4 Å². The van der Waals surface area contributed by atoms with Gasteiger partial charge in [0.1, 0.15) is 11.1 Å². The minimum atomic E-state index is -0.142. The summed E-state index contributed by atoms with van der Waals surface area (Å²) in [6.45, 7) is 6.24. The number of nitriles is 1. The van der Waals surface area contributed by atoms with E-state index in [1.165, 1.54) is 10.4 Å². The molecule has 0 saturated heterocycles. The molecule has 0 saturated carbocycles. The summed E-state index contributed by atoms with van der Waals surface area (Å²) in [6, 6.07) is 7.98. The number of fused-ring (bicyclic) bond motifs is 1. The van der Waals surface area contributed by atoms with E-state index in [4.69, 9.17) is 0 Å². The first kappa shape index (κ1) is 15.8. The van der Waals surface area contributed by atoms with Gasteiger partial charge >= 0.3 is 0 Å². The second-order valence-corrected chi connectivity index (χ2v) is 7.53. The molecular formula is C19H20N2OS. The second kappa shape index (κ2) is 6.17. The summed E-state index contributed by atoms with van der Waals surface area (Å²) < 4.78 is 0. The maximum atomic E-state index is 12.5. The molecule has 0 spiro atoms. The van der Waals surface area contributed by atoms with Crippen LogP contribution in [0.2, 0.25) is 0 Å². The number of thiophene rings is 1. The summed E-state index contributed by atoms with van der Waals surface area (Å²) >= 11 is 1.56. The molecule has 118 valence electrons. The van der Waals surface area contributed by atoms with Crippen molar-refractivity contribution >= 4 is 22.2 Å². The third-order valence-corrected chi connectivity index (χ3v) is 5.82. The van der Waals surface area contributed by atoms with Crippen molar-refractivity contribution in [3.05, 3.63) is 50.9 Å². The first-order chi connectivity index (χ1) is 11.0. The molecule has 2 aromatic rings. The van der Waals surface area contributed by atoms with Gasteiger partial charge in [-0.1, -0.05) is 13.0 Å².